The molecule has 4 nitrogen and oxygen atoms in total. The van der Waals surface area contributed by atoms with E-state index in [2.05, 4.69) is 0 Å². The van der Waals surface area contributed by atoms with E-state index >= 15 is 0 Å². The molecule has 1 heterocycles. The molecule has 18 heavy (non-hydrogen) atoms. The van der Waals surface area contributed by atoms with Gasteiger partial charge in [0.1, 0.15) is 5.82 Å². The highest BCUT2D eigenvalue weighted by Crippen LogP contribution is 2.23. The maximum atomic E-state index is 12.9. The quantitative estimate of drug-likeness (QED) is 0.895. The molecule has 96 valence electrons. The first kappa shape index (κ1) is 12.8. The summed E-state index contributed by atoms with van der Waals surface area (Å²) in [6.07, 6.45) is 0.430. The summed E-state index contributed by atoms with van der Waals surface area (Å²) in [4.78, 5) is 24.3. The molecule has 1 saturated heterocycles. The lowest BCUT2D eigenvalue weighted by molar-refractivity contribution is -0.141. The van der Waals surface area contributed by atoms with Crippen LogP contribution in [-0.2, 0) is 4.79 Å². The third kappa shape index (κ3) is 2.46. The number of carbonyl (C=O) groups is 2. The fourth-order valence-corrected chi connectivity index (χ4v) is 2.23. The molecule has 1 aromatic carbocycles. The lowest BCUT2D eigenvalue weighted by Crippen LogP contribution is -2.30. The Kier molecular flexibility index (Phi) is 3.52. The van der Waals surface area contributed by atoms with Crippen molar-refractivity contribution in [1.29, 1.82) is 0 Å². The molecule has 0 aromatic heterocycles. The summed E-state index contributed by atoms with van der Waals surface area (Å²) in [5, 5.41) is 8.90. The SMILES string of the molecule is O=C(O)C1CCN(C(=O)c2ccc(F)cc2Cl)C1. The van der Waals surface area contributed by atoms with Gasteiger partial charge in [0, 0.05) is 13.1 Å². The number of hydrogen-bond donors (Lipinski definition) is 1. The van der Waals surface area contributed by atoms with Gasteiger partial charge < -0.3 is 10.0 Å². The second-order valence-corrected chi connectivity index (χ2v) is 4.61. The van der Waals surface area contributed by atoms with E-state index in [1.165, 1.54) is 11.0 Å². The van der Waals surface area contributed by atoms with Crippen molar-refractivity contribution in [3.8, 4) is 0 Å². The number of hydrogen-bond acceptors (Lipinski definition) is 2. The highest BCUT2D eigenvalue weighted by molar-refractivity contribution is 6.33. The summed E-state index contributed by atoms with van der Waals surface area (Å²) in [5.41, 5.74) is 0.198. The van der Waals surface area contributed by atoms with Crippen molar-refractivity contribution in [2.75, 3.05) is 13.1 Å². The van der Waals surface area contributed by atoms with Gasteiger partial charge in [-0.1, -0.05) is 11.6 Å². The number of carboxylic acids is 1. The zero-order valence-electron chi connectivity index (χ0n) is 9.40. The topological polar surface area (TPSA) is 57.6 Å². The number of benzene rings is 1. The Morgan fingerprint density at radius 3 is 2.72 bits per heavy atom. The van der Waals surface area contributed by atoms with E-state index in [1.807, 2.05) is 0 Å². The van der Waals surface area contributed by atoms with E-state index in [0.717, 1.165) is 12.1 Å². The molecule has 1 N–H and O–H groups in total. The average Bonchev–Trinajstić information content (AvgIpc) is 2.77. The first-order valence-corrected chi connectivity index (χ1v) is 5.84. The highest BCUT2D eigenvalue weighted by atomic mass is 35.5. The molecule has 0 aliphatic carbocycles. The van der Waals surface area contributed by atoms with Crippen LogP contribution in [0, 0.1) is 11.7 Å². The third-order valence-corrected chi connectivity index (χ3v) is 3.30. The van der Waals surface area contributed by atoms with Gasteiger partial charge in [0.2, 0.25) is 0 Å². The molecule has 6 heteroatoms. The maximum Gasteiger partial charge on any atom is 0.308 e. The molecule has 0 bridgehead atoms. The number of aliphatic carboxylic acids is 1. The number of nitrogens with zero attached hydrogens (tertiary/aromatic N) is 1. The highest BCUT2D eigenvalue weighted by Gasteiger charge is 2.31. The van der Waals surface area contributed by atoms with Gasteiger partial charge in [-0.3, -0.25) is 9.59 Å². The Balaban J connectivity index is 2.15. The Morgan fingerprint density at radius 1 is 1.44 bits per heavy atom. The standard InChI is InChI=1S/C12H11ClFNO3/c13-10-5-8(14)1-2-9(10)11(16)15-4-3-7(6-15)12(17)18/h1-2,5,7H,3-4,6H2,(H,17,18). The van der Waals surface area contributed by atoms with Gasteiger partial charge in [-0.05, 0) is 24.6 Å². The second kappa shape index (κ2) is 4.94. The van der Waals surface area contributed by atoms with Crippen molar-refractivity contribution in [1.82, 2.24) is 4.90 Å². The van der Waals surface area contributed by atoms with Gasteiger partial charge in [0.15, 0.2) is 0 Å². The molecule has 0 radical (unpaired) electrons. The monoisotopic (exact) mass is 271 g/mol. The summed E-state index contributed by atoms with van der Waals surface area (Å²) >= 11 is 5.80. The molecule has 1 unspecified atom stereocenters. The van der Waals surface area contributed by atoms with Gasteiger partial charge in [-0.2, -0.15) is 0 Å². The number of amides is 1. The fraction of sp³-hybridized carbons (Fsp3) is 0.333. The van der Waals surface area contributed by atoms with Crippen LogP contribution in [0.2, 0.25) is 5.02 Å². The van der Waals surface area contributed by atoms with E-state index in [4.69, 9.17) is 16.7 Å². The van der Waals surface area contributed by atoms with Crippen LogP contribution in [0.5, 0.6) is 0 Å². The van der Waals surface area contributed by atoms with Crippen molar-refractivity contribution in [2.24, 2.45) is 5.92 Å². The Morgan fingerprint density at radius 2 is 2.17 bits per heavy atom. The average molecular weight is 272 g/mol. The second-order valence-electron chi connectivity index (χ2n) is 4.20. The van der Waals surface area contributed by atoms with Crippen molar-refractivity contribution in [3.63, 3.8) is 0 Å². The molecule has 1 aliphatic heterocycles. The van der Waals surface area contributed by atoms with E-state index < -0.39 is 17.7 Å². The summed E-state index contributed by atoms with van der Waals surface area (Å²) < 4.78 is 12.9. The van der Waals surface area contributed by atoms with Crippen LogP contribution in [0.1, 0.15) is 16.8 Å². The normalized spacial score (nSPS) is 19.0. The Hall–Kier alpha value is -1.62. The zero-order chi connectivity index (χ0) is 13.3. The van der Waals surface area contributed by atoms with Crippen molar-refractivity contribution in [3.05, 3.63) is 34.6 Å². The maximum absolute atomic E-state index is 12.9. The molecule has 1 atom stereocenters. The summed E-state index contributed by atoms with van der Waals surface area (Å²) in [6.45, 7) is 0.547. The molecule has 2 rings (SSSR count). The van der Waals surface area contributed by atoms with E-state index in [-0.39, 0.29) is 23.0 Å². The van der Waals surface area contributed by atoms with Crippen LogP contribution < -0.4 is 0 Å². The number of carboxylic acid groups (broad SMARTS) is 1. The van der Waals surface area contributed by atoms with Crippen LogP contribution in [0.4, 0.5) is 4.39 Å². The lowest BCUT2D eigenvalue weighted by atomic mass is 10.1. The zero-order valence-corrected chi connectivity index (χ0v) is 10.2. The minimum atomic E-state index is -0.907. The number of carbonyl (C=O) groups excluding carboxylic acids is 1. The number of halogens is 2. The van der Waals surface area contributed by atoms with Gasteiger partial charge in [-0.25, -0.2) is 4.39 Å². The number of rotatable bonds is 2. The third-order valence-electron chi connectivity index (χ3n) is 2.99. The molecule has 1 aliphatic rings. The fourth-order valence-electron chi connectivity index (χ4n) is 1.98. The van der Waals surface area contributed by atoms with Gasteiger partial charge >= 0.3 is 5.97 Å². The van der Waals surface area contributed by atoms with E-state index in [1.54, 1.807) is 0 Å². The molecular weight excluding hydrogens is 261 g/mol. The lowest BCUT2D eigenvalue weighted by Gasteiger charge is -2.16. The first-order chi connectivity index (χ1) is 8.49. The van der Waals surface area contributed by atoms with Crippen LogP contribution in [0.15, 0.2) is 18.2 Å². The molecule has 1 amide bonds. The first-order valence-electron chi connectivity index (χ1n) is 5.46. The van der Waals surface area contributed by atoms with Crippen LogP contribution in [0.3, 0.4) is 0 Å². The van der Waals surface area contributed by atoms with Crippen LogP contribution in [-0.4, -0.2) is 35.0 Å². The molecule has 1 aromatic rings. The largest absolute Gasteiger partial charge is 0.481 e. The van der Waals surface area contributed by atoms with Gasteiger partial charge in [-0.15, -0.1) is 0 Å². The minimum absolute atomic E-state index is 0.0405. The number of likely N-dealkylation sites (tertiary alicyclic amines) is 1. The van der Waals surface area contributed by atoms with E-state index in [9.17, 15) is 14.0 Å². The molecule has 1 fully saturated rings. The van der Waals surface area contributed by atoms with Gasteiger partial charge in [0.25, 0.3) is 5.91 Å². The van der Waals surface area contributed by atoms with E-state index in [0.29, 0.717) is 13.0 Å². The summed E-state index contributed by atoms with van der Waals surface area (Å²) in [7, 11) is 0. The molecule has 0 saturated carbocycles. The van der Waals surface area contributed by atoms with Crippen LogP contribution in [0.25, 0.3) is 0 Å². The Labute approximate surface area is 108 Å². The smallest absolute Gasteiger partial charge is 0.308 e. The minimum Gasteiger partial charge on any atom is -0.481 e. The van der Waals surface area contributed by atoms with Crippen LogP contribution >= 0.6 is 11.6 Å². The predicted octanol–water partition coefficient (Wildman–Crippen LogP) is 2.03. The Bertz CT molecular complexity index is 506. The summed E-state index contributed by atoms with van der Waals surface area (Å²) in [5.74, 6) is -2.31. The van der Waals surface area contributed by atoms with Crippen molar-refractivity contribution in [2.45, 2.75) is 6.42 Å². The molecule has 0 spiro atoms. The van der Waals surface area contributed by atoms with Crippen molar-refractivity contribution < 1.29 is 19.1 Å². The predicted molar refractivity (Wildman–Crippen MR) is 63.1 cm³/mol. The van der Waals surface area contributed by atoms with Crippen molar-refractivity contribution >= 4 is 23.5 Å². The molecular formula is C12H11ClFNO3. The summed E-state index contributed by atoms with van der Waals surface area (Å²) in [6, 6.07) is 3.54. The van der Waals surface area contributed by atoms with Gasteiger partial charge in [0.05, 0.1) is 16.5 Å².